The van der Waals surface area contributed by atoms with Gasteiger partial charge in [0.25, 0.3) is 0 Å². The first kappa shape index (κ1) is 15.4. The number of likely N-dealkylation sites (N-methyl/N-ethyl adjacent to an activating group) is 1. The second-order valence-electron chi connectivity index (χ2n) is 6.68. The van der Waals surface area contributed by atoms with Gasteiger partial charge >= 0.3 is 0 Å². The molecule has 2 aliphatic rings. The Morgan fingerprint density at radius 1 is 1.32 bits per heavy atom. The lowest BCUT2D eigenvalue weighted by atomic mass is 9.96. The standard InChI is InChI=1S/C17H26N4O/c1-19(2)10-11-21-16-7-9-20(15(16)5-6-17(21)22)13-14-4-3-8-18-12-14/h3-4,8,12,15-16H,5-7,9-11,13H2,1-2H3/t15-,16+/m1/s1. The summed E-state index contributed by atoms with van der Waals surface area (Å²) in [5, 5.41) is 0. The number of carbonyl (C=O) groups excluding carboxylic acids is 1. The number of fused-ring (bicyclic) bond motifs is 1. The first-order valence-electron chi connectivity index (χ1n) is 8.22. The predicted molar refractivity (Wildman–Crippen MR) is 86.3 cm³/mol. The maximum absolute atomic E-state index is 12.3. The number of piperidine rings is 1. The number of nitrogens with zero attached hydrogens (tertiary/aromatic N) is 4. The van der Waals surface area contributed by atoms with Crippen molar-refractivity contribution in [3.05, 3.63) is 30.1 Å². The molecule has 0 saturated carbocycles. The fraction of sp³-hybridized carbons (Fsp3) is 0.647. The summed E-state index contributed by atoms with van der Waals surface area (Å²) >= 11 is 0. The summed E-state index contributed by atoms with van der Waals surface area (Å²) in [5.41, 5.74) is 1.26. The topological polar surface area (TPSA) is 39.7 Å². The van der Waals surface area contributed by atoms with Crippen LogP contribution in [-0.2, 0) is 11.3 Å². The minimum atomic E-state index is 0.339. The number of amides is 1. The first-order chi connectivity index (χ1) is 10.6. The fourth-order valence-corrected chi connectivity index (χ4v) is 3.76. The number of pyridine rings is 1. The minimum absolute atomic E-state index is 0.339. The Bertz CT molecular complexity index is 505. The molecule has 3 rings (SSSR count). The van der Waals surface area contributed by atoms with E-state index < -0.39 is 0 Å². The van der Waals surface area contributed by atoms with Gasteiger partial charge < -0.3 is 9.80 Å². The Kier molecular flexibility index (Phi) is 4.74. The van der Waals surface area contributed by atoms with Gasteiger partial charge in [0.1, 0.15) is 0 Å². The molecule has 0 unspecified atom stereocenters. The largest absolute Gasteiger partial charge is 0.337 e. The molecular formula is C17H26N4O. The Morgan fingerprint density at radius 2 is 2.18 bits per heavy atom. The quantitative estimate of drug-likeness (QED) is 0.820. The van der Waals surface area contributed by atoms with Gasteiger partial charge in [-0.1, -0.05) is 6.07 Å². The van der Waals surface area contributed by atoms with Gasteiger partial charge in [-0.05, 0) is 38.6 Å². The highest BCUT2D eigenvalue weighted by Crippen LogP contribution is 2.32. The van der Waals surface area contributed by atoms with Crippen LogP contribution < -0.4 is 0 Å². The molecule has 0 N–H and O–H groups in total. The second kappa shape index (κ2) is 6.75. The highest BCUT2D eigenvalue weighted by molar-refractivity contribution is 5.77. The van der Waals surface area contributed by atoms with Crippen LogP contribution in [0.5, 0.6) is 0 Å². The van der Waals surface area contributed by atoms with Crippen LogP contribution in [0.1, 0.15) is 24.8 Å². The van der Waals surface area contributed by atoms with Gasteiger partial charge in [0, 0.05) is 57.1 Å². The smallest absolute Gasteiger partial charge is 0.222 e. The van der Waals surface area contributed by atoms with E-state index in [-0.39, 0.29) is 0 Å². The van der Waals surface area contributed by atoms with Crippen molar-refractivity contribution in [1.29, 1.82) is 0 Å². The molecule has 1 amide bonds. The van der Waals surface area contributed by atoms with E-state index >= 15 is 0 Å². The minimum Gasteiger partial charge on any atom is -0.337 e. The molecule has 5 heteroatoms. The third kappa shape index (κ3) is 3.31. The Morgan fingerprint density at radius 3 is 2.91 bits per heavy atom. The van der Waals surface area contributed by atoms with Gasteiger partial charge in [-0.2, -0.15) is 0 Å². The summed E-state index contributed by atoms with van der Waals surface area (Å²) in [6.45, 7) is 3.83. The van der Waals surface area contributed by atoms with Crippen molar-refractivity contribution in [3.63, 3.8) is 0 Å². The normalized spacial score (nSPS) is 25.8. The molecule has 2 aliphatic heterocycles. The maximum atomic E-state index is 12.3. The average molecular weight is 302 g/mol. The highest BCUT2D eigenvalue weighted by atomic mass is 16.2. The lowest BCUT2D eigenvalue weighted by Crippen LogP contribution is -2.53. The van der Waals surface area contributed by atoms with Crippen molar-refractivity contribution in [1.82, 2.24) is 19.7 Å². The van der Waals surface area contributed by atoms with Gasteiger partial charge in [-0.3, -0.25) is 14.7 Å². The lowest BCUT2D eigenvalue weighted by Gasteiger charge is -2.40. The van der Waals surface area contributed by atoms with Crippen molar-refractivity contribution in [2.75, 3.05) is 33.7 Å². The van der Waals surface area contributed by atoms with Crippen LogP contribution in [0.4, 0.5) is 0 Å². The molecule has 5 nitrogen and oxygen atoms in total. The molecule has 1 aromatic rings. The SMILES string of the molecule is CN(C)CCN1C(=O)CC[C@@H]2[C@@H]1CCN2Cc1cccnc1. The highest BCUT2D eigenvalue weighted by Gasteiger charge is 2.42. The van der Waals surface area contributed by atoms with E-state index in [1.165, 1.54) is 5.56 Å². The summed E-state index contributed by atoms with van der Waals surface area (Å²) < 4.78 is 0. The van der Waals surface area contributed by atoms with Crippen LogP contribution in [0.25, 0.3) is 0 Å². The second-order valence-corrected chi connectivity index (χ2v) is 6.68. The van der Waals surface area contributed by atoms with Crippen molar-refractivity contribution in [2.24, 2.45) is 0 Å². The zero-order chi connectivity index (χ0) is 15.5. The van der Waals surface area contributed by atoms with Crippen LogP contribution in [0.15, 0.2) is 24.5 Å². The van der Waals surface area contributed by atoms with Crippen LogP contribution in [0, 0.1) is 0 Å². The van der Waals surface area contributed by atoms with Crippen LogP contribution >= 0.6 is 0 Å². The molecule has 0 aliphatic carbocycles. The van der Waals surface area contributed by atoms with Gasteiger partial charge in [0.05, 0.1) is 0 Å². The van der Waals surface area contributed by atoms with Crippen molar-refractivity contribution in [3.8, 4) is 0 Å². The van der Waals surface area contributed by atoms with Crippen LogP contribution in [0.2, 0.25) is 0 Å². The number of hydrogen-bond acceptors (Lipinski definition) is 4. The van der Waals surface area contributed by atoms with E-state index in [2.05, 4.69) is 39.8 Å². The predicted octanol–water partition coefficient (Wildman–Crippen LogP) is 1.21. The molecular weight excluding hydrogens is 276 g/mol. The third-order valence-electron chi connectivity index (χ3n) is 4.90. The molecule has 22 heavy (non-hydrogen) atoms. The average Bonchev–Trinajstić information content (AvgIpc) is 2.90. The molecule has 0 bridgehead atoms. The molecule has 3 heterocycles. The number of likely N-dealkylation sites (tertiary alicyclic amines) is 2. The van der Waals surface area contributed by atoms with E-state index in [0.29, 0.717) is 24.4 Å². The van der Waals surface area contributed by atoms with Gasteiger partial charge in [-0.15, -0.1) is 0 Å². The van der Waals surface area contributed by atoms with Crippen molar-refractivity contribution in [2.45, 2.75) is 37.9 Å². The molecule has 0 aromatic carbocycles. The van der Waals surface area contributed by atoms with E-state index in [9.17, 15) is 4.79 Å². The van der Waals surface area contributed by atoms with Crippen molar-refractivity contribution < 1.29 is 4.79 Å². The summed E-state index contributed by atoms with van der Waals surface area (Å²) in [6.07, 6.45) is 6.56. The van der Waals surface area contributed by atoms with Crippen LogP contribution in [-0.4, -0.2) is 71.4 Å². The number of carbonyl (C=O) groups is 1. The van der Waals surface area contributed by atoms with Gasteiger partial charge in [0.15, 0.2) is 0 Å². The molecule has 2 atom stereocenters. The zero-order valence-corrected chi connectivity index (χ0v) is 13.6. The molecule has 2 fully saturated rings. The van der Waals surface area contributed by atoms with Gasteiger partial charge in [-0.25, -0.2) is 0 Å². The summed E-state index contributed by atoms with van der Waals surface area (Å²) in [4.78, 5) is 23.3. The molecule has 0 spiro atoms. The monoisotopic (exact) mass is 302 g/mol. The maximum Gasteiger partial charge on any atom is 0.222 e. The Labute approximate surface area is 132 Å². The Hall–Kier alpha value is -1.46. The number of hydrogen-bond donors (Lipinski definition) is 0. The van der Waals surface area contributed by atoms with E-state index in [0.717, 1.165) is 39.0 Å². The molecule has 2 saturated heterocycles. The number of rotatable bonds is 5. The molecule has 0 radical (unpaired) electrons. The fourth-order valence-electron chi connectivity index (χ4n) is 3.76. The summed E-state index contributed by atoms with van der Waals surface area (Å²) in [6, 6.07) is 5.05. The number of aromatic nitrogens is 1. The Balaban J connectivity index is 1.66. The van der Waals surface area contributed by atoms with Gasteiger partial charge in [0.2, 0.25) is 5.91 Å². The van der Waals surface area contributed by atoms with Crippen LogP contribution in [0.3, 0.4) is 0 Å². The zero-order valence-electron chi connectivity index (χ0n) is 13.6. The third-order valence-corrected chi connectivity index (χ3v) is 4.90. The first-order valence-corrected chi connectivity index (χ1v) is 8.22. The van der Waals surface area contributed by atoms with E-state index in [1.807, 2.05) is 18.5 Å². The van der Waals surface area contributed by atoms with Crippen molar-refractivity contribution >= 4 is 5.91 Å². The lowest BCUT2D eigenvalue weighted by molar-refractivity contribution is -0.137. The van der Waals surface area contributed by atoms with E-state index in [1.54, 1.807) is 0 Å². The summed E-state index contributed by atoms with van der Waals surface area (Å²) in [7, 11) is 4.13. The molecule has 1 aromatic heterocycles. The molecule has 120 valence electrons. The van der Waals surface area contributed by atoms with E-state index in [4.69, 9.17) is 0 Å². The summed E-state index contributed by atoms with van der Waals surface area (Å²) in [5.74, 6) is 0.339.